The summed E-state index contributed by atoms with van der Waals surface area (Å²) in [5.41, 5.74) is 1.08. The number of rotatable bonds is 14. The molecule has 1 atom stereocenters. The Kier molecular flexibility index (Phi) is 10.8. The number of hydrogen-bond donors (Lipinski definition) is 0. The van der Waals surface area contributed by atoms with Gasteiger partial charge in [-0.15, -0.1) is 0 Å². The minimum atomic E-state index is -1.07. The maximum atomic E-state index is 10.7. The molecule has 0 saturated carbocycles. The lowest BCUT2D eigenvalue weighted by Crippen LogP contribution is -2.24. The Morgan fingerprint density at radius 3 is 2.46 bits per heavy atom. The van der Waals surface area contributed by atoms with Crippen molar-refractivity contribution in [2.45, 2.75) is 44.8 Å². The Labute approximate surface area is 146 Å². The fourth-order valence-corrected chi connectivity index (χ4v) is 2.60. The Morgan fingerprint density at radius 2 is 1.79 bits per heavy atom. The van der Waals surface area contributed by atoms with Crippen LogP contribution in [0.3, 0.4) is 0 Å². The molecule has 0 aromatic heterocycles. The Balaban J connectivity index is 2.09. The molecule has 1 aromatic rings. The van der Waals surface area contributed by atoms with Crippen molar-refractivity contribution < 1.29 is 23.7 Å². The molecule has 0 aliphatic carbocycles. The highest BCUT2D eigenvalue weighted by atomic mass is 28.3. The summed E-state index contributed by atoms with van der Waals surface area (Å²) in [6.45, 7) is 8.80. The van der Waals surface area contributed by atoms with E-state index in [0.717, 1.165) is 24.5 Å². The monoisotopic (exact) mass is 354 g/mol. The quantitative estimate of drug-likeness (QED) is 0.222. The highest BCUT2D eigenvalue weighted by molar-refractivity contribution is 6.76. The lowest BCUT2D eigenvalue weighted by atomic mass is 10.2. The summed E-state index contributed by atoms with van der Waals surface area (Å²) in [6.07, 6.45) is 0.805. The van der Waals surface area contributed by atoms with Crippen LogP contribution in [0.1, 0.15) is 12.0 Å². The number of carbonyl (C=O) groups excluding carboxylic acids is 1. The van der Waals surface area contributed by atoms with Gasteiger partial charge in [-0.2, -0.15) is 0 Å². The molecule has 1 aromatic carbocycles. The van der Waals surface area contributed by atoms with Crippen LogP contribution >= 0.6 is 0 Å². The van der Waals surface area contributed by atoms with E-state index in [0.29, 0.717) is 13.2 Å². The predicted octanol–water partition coefficient (Wildman–Crippen LogP) is 3.46. The van der Waals surface area contributed by atoms with Gasteiger partial charge in [0.1, 0.15) is 19.9 Å². The highest BCUT2D eigenvalue weighted by Crippen LogP contribution is 2.07. The summed E-state index contributed by atoms with van der Waals surface area (Å²) in [5, 5.41) is 0. The molecule has 0 unspecified atom stereocenters. The lowest BCUT2D eigenvalue weighted by Gasteiger charge is -2.17. The molecule has 0 N–H and O–H groups in total. The molecule has 136 valence electrons. The van der Waals surface area contributed by atoms with Gasteiger partial charge < -0.3 is 23.7 Å². The molecule has 0 heterocycles. The highest BCUT2D eigenvalue weighted by Gasteiger charge is 2.12. The van der Waals surface area contributed by atoms with Crippen molar-refractivity contribution in [1.82, 2.24) is 0 Å². The van der Waals surface area contributed by atoms with Crippen molar-refractivity contribution in [2.75, 3.05) is 26.8 Å². The van der Waals surface area contributed by atoms with Gasteiger partial charge in [0, 0.05) is 21.1 Å². The van der Waals surface area contributed by atoms with Crippen molar-refractivity contribution in [3.63, 3.8) is 0 Å². The molecule has 0 aliphatic rings. The molecular weight excluding hydrogens is 324 g/mol. The maximum Gasteiger partial charge on any atom is 0.147 e. The summed E-state index contributed by atoms with van der Waals surface area (Å²) in [5.74, 6) is 0. The first kappa shape index (κ1) is 21.0. The molecule has 0 spiro atoms. The fourth-order valence-electron chi connectivity index (χ4n) is 1.85. The average Bonchev–Trinajstić information content (AvgIpc) is 2.54. The summed E-state index contributed by atoms with van der Waals surface area (Å²) < 4.78 is 21.9. The van der Waals surface area contributed by atoms with Crippen LogP contribution in [0.15, 0.2) is 30.3 Å². The lowest BCUT2D eigenvalue weighted by molar-refractivity contribution is -0.141. The molecule has 24 heavy (non-hydrogen) atoms. The van der Waals surface area contributed by atoms with Gasteiger partial charge in [-0.1, -0.05) is 50.0 Å². The summed E-state index contributed by atoms with van der Waals surface area (Å²) in [4.78, 5) is 10.7. The van der Waals surface area contributed by atoms with Crippen molar-refractivity contribution in [2.24, 2.45) is 0 Å². The number of ether oxygens (including phenoxy) is 4. The van der Waals surface area contributed by atoms with E-state index < -0.39 is 8.07 Å². The first-order chi connectivity index (χ1) is 11.5. The number of carbonyl (C=O) groups is 1. The van der Waals surface area contributed by atoms with Gasteiger partial charge in [0.15, 0.2) is 0 Å². The summed E-state index contributed by atoms with van der Waals surface area (Å²) in [7, 11) is -1.07. The van der Waals surface area contributed by atoms with Gasteiger partial charge in [-0.05, 0) is 11.6 Å². The fraction of sp³-hybridized carbons (Fsp3) is 0.611. The first-order valence-electron chi connectivity index (χ1n) is 8.33. The summed E-state index contributed by atoms with van der Waals surface area (Å²) in [6, 6.07) is 11.0. The largest absolute Gasteiger partial charge is 0.356 e. The van der Waals surface area contributed by atoms with Gasteiger partial charge in [-0.3, -0.25) is 0 Å². The molecule has 6 heteroatoms. The van der Waals surface area contributed by atoms with E-state index in [9.17, 15) is 4.79 Å². The second-order valence-corrected chi connectivity index (χ2v) is 12.5. The minimum absolute atomic E-state index is 0.132. The smallest absolute Gasteiger partial charge is 0.147 e. The Morgan fingerprint density at radius 1 is 1.04 bits per heavy atom. The predicted molar refractivity (Wildman–Crippen MR) is 96.6 cm³/mol. The van der Waals surface area contributed by atoms with E-state index in [1.54, 1.807) is 0 Å². The van der Waals surface area contributed by atoms with Crippen LogP contribution in [0.4, 0.5) is 0 Å². The van der Waals surface area contributed by atoms with E-state index in [1.165, 1.54) is 0 Å². The molecule has 1 rings (SSSR count). The minimum Gasteiger partial charge on any atom is -0.356 e. The van der Waals surface area contributed by atoms with E-state index in [4.69, 9.17) is 18.9 Å². The molecule has 5 nitrogen and oxygen atoms in total. The summed E-state index contributed by atoms with van der Waals surface area (Å²) >= 11 is 0. The zero-order valence-corrected chi connectivity index (χ0v) is 16.0. The molecule has 0 radical (unpaired) electrons. The second kappa shape index (κ2) is 12.3. The van der Waals surface area contributed by atoms with Crippen LogP contribution in [-0.4, -0.2) is 47.3 Å². The molecule has 0 amide bonds. The van der Waals surface area contributed by atoms with Gasteiger partial charge in [0.05, 0.1) is 19.3 Å². The average molecular weight is 355 g/mol. The van der Waals surface area contributed by atoms with Gasteiger partial charge in [0.25, 0.3) is 0 Å². The van der Waals surface area contributed by atoms with Gasteiger partial charge in [0.2, 0.25) is 0 Å². The number of benzene rings is 1. The van der Waals surface area contributed by atoms with Crippen LogP contribution in [0.25, 0.3) is 0 Å². The molecule has 0 saturated heterocycles. The normalized spacial score (nSPS) is 13.0. The van der Waals surface area contributed by atoms with E-state index in [-0.39, 0.29) is 26.1 Å². The third-order valence-corrected chi connectivity index (χ3v) is 5.03. The van der Waals surface area contributed by atoms with Crippen LogP contribution in [0.5, 0.6) is 0 Å². The van der Waals surface area contributed by atoms with Gasteiger partial charge in [-0.25, -0.2) is 0 Å². The molecule has 0 bridgehead atoms. The SMILES string of the molecule is C[Si](C)(C)CCOCOC[C@@H](CC=O)OCOCc1ccccc1. The van der Waals surface area contributed by atoms with Crippen molar-refractivity contribution in [3.8, 4) is 0 Å². The van der Waals surface area contributed by atoms with Crippen LogP contribution in [0, 0.1) is 0 Å². The molecule has 0 aliphatic heterocycles. The third-order valence-electron chi connectivity index (χ3n) is 3.32. The standard InChI is InChI=1S/C18H30O5Si/c1-24(2,3)12-11-20-15-22-14-18(9-10-19)23-16-21-13-17-7-5-4-6-8-17/h4-8,10,18H,9,11-16H2,1-3H3/t18-/m1/s1. The van der Waals surface area contributed by atoms with E-state index in [2.05, 4.69) is 19.6 Å². The Bertz CT molecular complexity index is 433. The molecular formula is C18H30O5Si. The van der Waals surface area contributed by atoms with Gasteiger partial charge >= 0.3 is 0 Å². The van der Waals surface area contributed by atoms with Crippen molar-refractivity contribution in [1.29, 1.82) is 0 Å². The van der Waals surface area contributed by atoms with Crippen LogP contribution in [-0.2, 0) is 30.3 Å². The van der Waals surface area contributed by atoms with Crippen molar-refractivity contribution in [3.05, 3.63) is 35.9 Å². The first-order valence-corrected chi connectivity index (χ1v) is 12.0. The zero-order chi connectivity index (χ0) is 17.7. The maximum absolute atomic E-state index is 10.7. The van der Waals surface area contributed by atoms with Crippen LogP contribution < -0.4 is 0 Å². The number of aldehydes is 1. The Hall–Kier alpha value is -1.05. The van der Waals surface area contributed by atoms with E-state index in [1.807, 2.05) is 30.3 Å². The zero-order valence-electron chi connectivity index (χ0n) is 15.0. The third kappa shape index (κ3) is 11.5. The topological polar surface area (TPSA) is 54.0 Å². The van der Waals surface area contributed by atoms with E-state index >= 15 is 0 Å². The van der Waals surface area contributed by atoms with Crippen LogP contribution in [0.2, 0.25) is 25.7 Å². The second-order valence-electron chi connectivity index (χ2n) is 6.85. The van der Waals surface area contributed by atoms with Crippen molar-refractivity contribution >= 4 is 14.4 Å². The number of hydrogen-bond acceptors (Lipinski definition) is 5. The molecule has 0 fully saturated rings.